The van der Waals surface area contributed by atoms with Crippen molar-refractivity contribution in [3.8, 4) is 5.75 Å². The number of hydrogen-bond acceptors (Lipinski definition) is 2. The van der Waals surface area contributed by atoms with Crippen molar-refractivity contribution >= 4 is 45.2 Å². The average molecular weight is 402 g/mol. The van der Waals surface area contributed by atoms with Gasteiger partial charge in [-0.15, -0.1) is 0 Å². The Bertz CT molecular complexity index is 290. The van der Waals surface area contributed by atoms with Crippen LogP contribution in [0.4, 0.5) is 0 Å². The molecule has 1 heterocycles. The monoisotopic (exact) mass is 402 g/mol. The quantitative estimate of drug-likeness (QED) is 0.573. The third-order valence-electron chi connectivity index (χ3n) is 1.73. The molecule has 13 heavy (non-hydrogen) atoms. The van der Waals surface area contributed by atoms with Crippen LogP contribution in [-0.4, -0.2) is 19.3 Å². The maximum Gasteiger partial charge on any atom is 0.146 e. The molecule has 1 fully saturated rings. The van der Waals surface area contributed by atoms with Gasteiger partial charge >= 0.3 is 0 Å². The van der Waals surface area contributed by atoms with Gasteiger partial charge in [0.05, 0.1) is 13.7 Å². The molecule has 0 saturated carbocycles. The maximum atomic E-state index is 5.65. The van der Waals surface area contributed by atoms with Crippen LogP contribution < -0.4 is 4.74 Å². The van der Waals surface area contributed by atoms with Gasteiger partial charge in [-0.2, -0.15) is 0 Å². The molecule has 1 aromatic carbocycles. The van der Waals surface area contributed by atoms with Gasteiger partial charge in [0.2, 0.25) is 0 Å². The summed E-state index contributed by atoms with van der Waals surface area (Å²) in [5.74, 6) is 0.985. The van der Waals surface area contributed by atoms with Crippen LogP contribution in [0.1, 0.15) is 0 Å². The number of benzene rings is 1. The van der Waals surface area contributed by atoms with Crippen molar-refractivity contribution < 1.29 is 9.47 Å². The second-order valence-corrected chi connectivity index (χ2v) is 5.14. The molecule has 2 rings (SSSR count). The fourth-order valence-electron chi connectivity index (χ4n) is 0.961. The molecule has 0 radical (unpaired) electrons. The molecule has 0 aromatic heterocycles. The maximum absolute atomic E-state index is 5.65. The fraction of sp³-hybridized carbons (Fsp3) is 0.333. The predicted molar refractivity (Wildman–Crippen MR) is 67.1 cm³/mol. The molecular weight excluding hydrogens is 394 g/mol. The molecule has 1 atom stereocenters. The first-order valence-electron chi connectivity index (χ1n) is 3.96. The van der Waals surface area contributed by atoms with E-state index in [0.717, 1.165) is 19.5 Å². The molecule has 0 amide bonds. The Labute approximate surface area is 104 Å². The fourth-order valence-corrected chi connectivity index (χ4v) is 2.78. The van der Waals surface area contributed by atoms with Gasteiger partial charge in [0.25, 0.3) is 0 Å². The summed E-state index contributed by atoms with van der Waals surface area (Å²) in [5.41, 5.74) is 0. The molecule has 1 aliphatic rings. The van der Waals surface area contributed by atoms with Crippen LogP contribution in [0.15, 0.2) is 18.2 Å². The van der Waals surface area contributed by atoms with E-state index in [4.69, 9.17) is 9.47 Å². The van der Waals surface area contributed by atoms with Crippen molar-refractivity contribution in [2.75, 3.05) is 13.2 Å². The lowest BCUT2D eigenvalue weighted by atomic mass is 10.3. The average Bonchev–Trinajstić information content (AvgIpc) is 2.87. The summed E-state index contributed by atoms with van der Waals surface area (Å²) in [4.78, 5) is 0. The van der Waals surface area contributed by atoms with E-state index in [2.05, 4.69) is 45.2 Å². The van der Waals surface area contributed by atoms with E-state index in [9.17, 15) is 0 Å². The van der Waals surface area contributed by atoms with Crippen LogP contribution in [0.3, 0.4) is 0 Å². The van der Waals surface area contributed by atoms with Crippen LogP contribution in [0.25, 0.3) is 0 Å². The van der Waals surface area contributed by atoms with Gasteiger partial charge in [-0.3, -0.25) is 0 Å². The third kappa shape index (κ3) is 2.69. The normalized spacial score (nSPS) is 20.0. The van der Waals surface area contributed by atoms with Crippen molar-refractivity contribution in [2.45, 2.75) is 6.10 Å². The van der Waals surface area contributed by atoms with Crippen molar-refractivity contribution in [3.63, 3.8) is 0 Å². The zero-order chi connectivity index (χ0) is 9.26. The van der Waals surface area contributed by atoms with Crippen LogP contribution in [0, 0.1) is 7.14 Å². The Hall–Kier alpha value is 0.440. The molecular formula is C9H8I2O2. The second kappa shape index (κ2) is 4.31. The lowest BCUT2D eigenvalue weighted by Gasteiger charge is -2.08. The van der Waals surface area contributed by atoms with Crippen LogP contribution in [0.5, 0.6) is 5.75 Å². The largest absolute Gasteiger partial charge is 0.489 e. The Kier molecular flexibility index (Phi) is 3.31. The van der Waals surface area contributed by atoms with Gasteiger partial charge in [0.15, 0.2) is 0 Å². The summed E-state index contributed by atoms with van der Waals surface area (Å²) in [6.45, 7) is 1.52. The minimum atomic E-state index is 0.326. The lowest BCUT2D eigenvalue weighted by Crippen LogP contribution is -2.06. The molecule has 0 N–H and O–H groups in total. The molecule has 0 bridgehead atoms. The highest BCUT2D eigenvalue weighted by Gasteiger charge is 2.23. The predicted octanol–water partition coefficient (Wildman–Crippen LogP) is 2.67. The van der Waals surface area contributed by atoms with E-state index in [1.807, 2.05) is 18.2 Å². The highest BCUT2D eigenvalue weighted by molar-refractivity contribution is 14.1. The lowest BCUT2D eigenvalue weighted by molar-refractivity contribution is 0.260. The third-order valence-corrected chi connectivity index (χ3v) is 3.43. The van der Waals surface area contributed by atoms with Crippen molar-refractivity contribution in [1.29, 1.82) is 0 Å². The molecule has 2 nitrogen and oxygen atoms in total. The van der Waals surface area contributed by atoms with E-state index < -0.39 is 0 Å². The standard InChI is InChI=1S/C9H8I2O2/c10-7-2-1-3-8(11)9(7)13-5-6-4-12-6/h1-3,6H,4-5H2. The Morgan fingerprint density at radius 3 is 2.54 bits per heavy atom. The molecule has 1 saturated heterocycles. The minimum Gasteiger partial charge on any atom is -0.489 e. The van der Waals surface area contributed by atoms with E-state index in [1.165, 1.54) is 0 Å². The first-order valence-corrected chi connectivity index (χ1v) is 6.11. The molecule has 1 aliphatic heterocycles. The first kappa shape index (κ1) is 9.97. The highest BCUT2D eigenvalue weighted by atomic mass is 127. The van der Waals surface area contributed by atoms with Gasteiger partial charge in [-0.25, -0.2) is 0 Å². The SMILES string of the molecule is Ic1cccc(I)c1OCC1CO1. The molecule has 1 unspecified atom stereocenters. The Morgan fingerprint density at radius 2 is 2.00 bits per heavy atom. The van der Waals surface area contributed by atoms with Crippen molar-refractivity contribution in [1.82, 2.24) is 0 Å². The van der Waals surface area contributed by atoms with Gasteiger partial charge in [-0.1, -0.05) is 6.07 Å². The van der Waals surface area contributed by atoms with E-state index >= 15 is 0 Å². The number of para-hydroxylation sites is 1. The Balaban J connectivity index is 2.07. The van der Waals surface area contributed by atoms with Gasteiger partial charge in [0, 0.05) is 0 Å². The number of ether oxygens (including phenoxy) is 2. The van der Waals surface area contributed by atoms with Crippen molar-refractivity contribution in [2.24, 2.45) is 0 Å². The number of epoxide rings is 1. The zero-order valence-electron chi connectivity index (χ0n) is 6.80. The summed E-state index contributed by atoms with van der Waals surface area (Å²) in [7, 11) is 0. The summed E-state index contributed by atoms with van der Waals surface area (Å²) >= 11 is 4.57. The number of hydrogen-bond donors (Lipinski definition) is 0. The molecule has 0 aliphatic carbocycles. The Morgan fingerprint density at radius 1 is 1.38 bits per heavy atom. The zero-order valence-corrected chi connectivity index (χ0v) is 11.1. The van der Waals surface area contributed by atoms with E-state index in [1.54, 1.807) is 0 Å². The van der Waals surface area contributed by atoms with Crippen LogP contribution >= 0.6 is 45.2 Å². The summed E-state index contributed by atoms with van der Waals surface area (Å²) < 4.78 is 13.0. The van der Waals surface area contributed by atoms with Gasteiger partial charge in [0.1, 0.15) is 18.5 Å². The van der Waals surface area contributed by atoms with E-state index in [0.29, 0.717) is 12.7 Å². The van der Waals surface area contributed by atoms with Crippen LogP contribution in [-0.2, 0) is 4.74 Å². The minimum absolute atomic E-state index is 0.326. The highest BCUT2D eigenvalue weighted by Crippen LogP contribution is 2.27. The first-order chi connectivity index (χ1) is 6.27. The number of halogens is 2. The molecule has 70 valence electrons. The van der Waals surface area contributed by atoms with Gasteiger partial charge in [-0.05, 0) is 57.3 Å². The molecule has 1 aromatic rings. The molecule has 4 heteroatoms. The smallest absolute Gasteiger partial charge is 0.146 e. The topological polar surface area (TPSA) is 21.8 Å². The number of rotatable bonds is 3. The summed E-state index contributed by atoms with van der Waals surface area (Å²) in [6.07, 6.45) is 0.326. The van der Waals surface area contributed by atoms with Crippen molar-refractivity contribution in [3.05, 3.63) is 25.3 Å². The summed E-state index contributed by atoms with van der Waals surface area (Å²) in [5, 5.41) is 0. The van der Waals surface area contributed by atoms with Crippen LogP contribution in [0.2, 0.25) is 0 Å². The van der Waals surface area contributed by atoms with E-state index in [-0.39, 0.29) is 0 Å². The second-order valence-electron chi connectivity index (χ2n) is 2.82. The van der Waals surface area contributed by atoms with Gasteiger partial charge < -0.3 is 9.47 Å². The summed E-state index contributed by atoms with van der Waals surface area (Å²) in [6, 6.07) is 6.13. The molecule has 0 spiro atoms.